The summed E-state index contributed by atoms with van der Waals surface area (Å²) >= 11 is 0. The first-order valence-corrected chi connectivity index (χ1v) is 16.2. The molecule has 3 heterocycles. The molecule has 0 saturated heterocycles. The minimum atomic E-state index is -1.12. The summed E-state index contributed by atoms with van der Waals surface area (Å²) in [6.45, 7) is 0. The fourth-order valence-corrected chi connectivity index (χ4v) is 6.14. The van der Waals surface area contributed by atoms with Crippen molar-refractivity contribution >= 4 is 43.6 Å². The van der Waals surface area contributed by atoms with E-state index in [0.717, 1.165) is 4.57 Å². The van der Waals surface area contributed by atoms with Gasteiger partial charge < -0.3 is 4.57 Å². The summed E-state index contributed by atoms with van der Waals surface area (Å²) in [5.74, 6) is -2.96. The molecule has 5 nitrogen and oxygen atoms in total. The molecule has 0 saturated carbocycles. The first kappa shape index (κ1) is 13.0. The molecule has 0 fully saturated rings. The second-order valence-electron chi connectivity index (χ2n) is 11.6. The van der Waals surface area contributed by atoms with Crippen molar-refractivity contribution in [1.82, 2.24) is 24.1 Å². The van der Waals surface area contributed by atoms with Crippen LogP contribution in [0.3, 0.4) is 0 Å². The zero-order valence-corrected chi connectivity index (χ0v) is 27.7. The van der Waals surface area contributed by atoms with E-state index >= 15 is 0 Å². The van der Waals surface area contributed by atoms with Crippen LogP contribution in [-0.4, -0.2) is 24.1 Å². The largest absolute Gasteiger partial charge is 0.309 e. The van der Waals surface area contributed by atoms with E-state index in [9.17, 15) is 19.2 Å². The molecular weight excluding hydrogens is 683 g/mol. The Hall–Kier alpha value is -7.63. The number of nitrogens with zero attached hydrogens (tertiary/aromatic N) is 5. The molecule has 262 valence electrons. The lowest BCUT2D eigenvalue weighted by molar-refractivity contribution is 0.953. The van der Waals surface area contributed by atoms with Crippen molar-refractivity contribution in [3.05, 3.63) is 199 Å². The molecule has 0 radical (unpaired) electrons. The smallest absolute Gasteiger partial charge is 0.238 e. The Morgan fingerprint density at radius 1 is 0.321 bits per heavy atom. The maximum absolute atomic E-state index is 9.89. The van der Waals surface area contributed by atoms with Crippen molar-refractivity contribution in [2.75, 3.05) is 0 Å². The van der Waals surface area contributed by atoms with Crippen LogP contribution in [0.25, 0.3) is 100 Å². The highest BCUT2D eigenvalue weighted by molar-refractivity contribution is 6.26. The predicted octanol–water partition coefficient (Wildman–Crippen LogP) is 12.7. The van der Waals surface area contributed by atoms with Crippen molar-refractivity contribution in [2.45, 2.75) is 0 Å². The number of rotatable bonds is 6. The molecule has 0 spiro atoms. The number of aromatic nitrogens is 5. The van der Waals surface area contributed by atoms with Gasteiger partial charge in [-0.25, -0.2) is 4.98 Å². The van der Waals surface area contributed by atoms with E-state index in [1.165, 1.54) is 0 Å². The molecule has 0 unspecified atom stereocenters. The Bertz CT molecular complexity index is 5040. The van der Waals surface area contributed by atoms with Gasteiger partial charge in [-0.3, -0.25) is 4.57 Å². The molecule has 0 atom stereocenters. The molecule has 0 aliphatic heterocycles. The average Bonchev–Trinajstić information content (AvgIpc) is 1.52. The van der Waals surface area contributed by atoms with Gasteiger partial charge in [0.1, 0.15) is 0 Å². The molecule has 11 rings (SSSR count). The molecule has 0 aliphatic rings. The van der Waals surface area contributed by atoms with Crippen LogP contribution in [0.2, 0.25) is 0 Å². The van der Waals surface area contributed by atoms with Gasteiger partial charge >= 0.3 is 0 Å². The summed E-state index contributed by atoms with van der Waals surface area (Å²) in [6, 6.07) is -32.7. The van der Waals surface area contributed by atoms with Crippen LogP contribution < -0.4 is 0 Å². The van der Waals surface area contributed by atoms with Gasteiger partial charge in [0.25, 0.3) is 0 Å². The molecule has 8 aromatic carbocycles. The Morgan fingerprint density at radius 3 is 1.38 bits per heavy atom. The molecule has 0 amide bonds. The standard InChI is InChI=1S/C51H33N5/c1-4-14-34(15-5-1)36-24-26-39(27-25-36)50-52-49(38-18-8-3-9-19-38)53-51(54-50)56-45-23-13-11-21-43(45)47-46(56)33-32-42-41-20-10-12-22-44(41)55(48(42)47)40-30-28-37(29-31-40)35-16-6-2-7-17-35/h1-33H/i1D,2D,3D,4D,5D,6D,7D,8D,9D,10D,11D,12D,13D,14D,15D,16D,17D,18D,19D,20D,21D,22D,23D,24D,25D,26D,27D,28D,29D,30D,31D,32D,33D. The summed E-state index contributed by atoms with van der Waals surface area (Å²) < 4.78 is 297. The molecular formula is C51H33N5. The van der Waals surface area contributed by atoms with Gasteiger partial charge in [-0.2, -0.15) is 9.97 Å². The van der Waals surface area contributed by atoms with E-state index < -0.39 is 300 Å². The number of para-hydroxylation sites is 2. The maximum atomic E-state index is 9.89. The second-order valence-corrected chi connectivity index (χ2v) is 11.6. The van der Waals surface area contributed by atoms with Crippen LogP contribution in [0.15, 0.2) is 199 Å². The fraction of sp³-hybridized carbons (Fsp3) is 0. The molecule has 0 bridgehead atoms. The SMILES string of the molecule is [2H]c1c([2H])c([2H])c(-c2nc(-c3c([2H])c([2H])c(-c4c([2H])c([2H])c([2H])c([2H])c4[2H])c([2H])c3[2H])nc(-n3c4c([2H])c([2H])c([2H])c([2H])c4c4c3c([2H])c([2H])c3c5c([2H])c([2H])c([2H])c([2H])c5n(-c5c([2H])c([2H])c(-c6c([2H])c([2H])c([2H])c([2H])c6[2H])c([2H])c5[2H])c34)n2)c([2H])c1[2H]. The Morgan fingerprint density at radius 2 is 0.768 bits per heavy atom. The maximum Gasteiger partial charge on any atom is 0.238 e. The van der Waals surface area contributed by atoms with Gasteiger partial charge in [0.2, 0.25) is 5.95 Å². The zero-order valence-electron chi connectivity index (χ0n) is 60.7. The average molecular weight is 749 g/mol. The fourth-order valence-electron chi connectivity index (χ4n) is 6.14. The first-order valence-electron chi connectivity index (χ1n) is 32.7. The van der Waals surface area contributed by atoms with E-state index in [1.807, 2.05) is 0 Å². The molecule has 0 N–H and O–H groups in total. The molecule has 3 aromatic heterocycles. The van der Waals surface area contributed by atoms with Gasteiger partial charge in [0, 0.05) is 38.4 Å². The minimum Gasteiger partial charge on any atom is -0.309 e. The normalized spacial score (nSPS) is 19.8. The lowest BCUT2D eigenvalue weighted by Crippen LogP contribution is -2.06. The summed E-state index contributed by atoms with van der Waals surface area (Å²) in [5, 5.41) is -2.60. The quantitative estimate of drug-likeness (QED) is 0.170. The summed E-state index contributed by atoms with van der Waals surface area (Å²) in [5.41, 5.74) is -8.83. The van der Waals surface area contributed by atoms with Crippen molar-refractivity contribution in [3.8, 4) is 56.7 Å². The highest BCUT2D eigenvalue weighted by atomic mass is 15.2. The van der Waals surface area contributed by atoms with E-state index in [1.54, 1.807) is 0 Å². The first-order chi connectivity index (χ1) is 41.5. The van der Waals surface area contributed by atoms with E-state index in [-0.39, 0.29) is 0 Å². The van der Waals surface area contributed by atoms with Gasteiger partial charge in [0.15, 0.2) is 11.6 Å². The topological polar surface area (TPSA) is 48.5 Å². The van der Waals surface area contributed by atoms with Crippen LogP contribution in [-0.2, 0) is 0 Å². The molecule has 11 aromatic rings. The zero-order chi connectivity index (χ0) is 65.7. The van der Waals surface area contributed by atoms with Crippen LogP contribution in [0.4, 0.5) is 0 Å². The minimum absolute atomic E-state index is 0.624. The monoisotopic (exact) mass is 748 g/mol. The van der Waals surface area contributed by atoms with Crippen LogP contribution in [0.1, 0.15) is 45.2 Å². The van der Waals surface area contributed by atoms with E-state index in [2.05, 4.69) is 15.0 Å². The highest BCUT2D eigenvalue weighted by Gasteiger charge is 2.23. The summed E-state index contributed by atoms with van der Waals surface area (Å²) in [7, 11) is 0. The summed E-state index contributed by atoms with van der Waals surface area (Å²) in [6.07, 6.45) is 0. The summed E-state index contributed by atoms with van der Waals surface area (Å²) in [4.78, 5) is 13.2. The van der Waals surface area contributed by atoms with Crippen LogP contribution >= 0.6 is 0 Å². The molecule has 0 aliphatic carbocycles. The Balaban J connectivity index is 1.39. The van der Waals surface area contributed by atoms with Crippen LogP contribution in [0, 0.1) is 0 Å². The number of hydrogen-bond acceptors (Lipinski definition) is 3. The van der Waals surface area contributed by atoms with Gasteiger partial charge in [0.05, 0.1) is 67.3 Å². The van der Waals surface area contributed by atoms with Crippen molar-refractivity contribution < 1.29 is 45.2 Å². The Kier molecular flexibility index (Phi) is 3.03. The van der Waals surface area contributed by atoms with E-state index in [0.29, 0.717) is 4.57 Å². The van der Waals surface area contributed by atoms with Gasteiger partial charge in [-0.15, -0.1) is 0 Å². The van der Waals surface area contributed by atoms with Gasteiger partial charge in [-0.1, -0.05) is 169 Å². The number of fused-ring (bicyclic) bond motifs is 7. The van der Waals surface area contributed by atoms with Crippen molar-refractivity contribution in [2.24, 2.45) is 0 Å². The third-order valence-corrected chi connectivity index (χ3v) is 8.48. The lowest BCUT2D eigenvalue weighted by Gasteiger charge is -2.12. The molecule has 5 heteroatoms. The van der Waals surface area contributed by atoms with Gasteiger partial charge in [-0.05, 0) is 52.5 Å². The van der Waals surface area contributed by atoms with E-state index in [4.69, 9.17) is 26.0 Å². The highest BCUT2D eigenvalue weighted by Crippen LogP contribution is 2.42. The number of benzene rings is 8. The second kappa shape index (κ2) is 13.0. The Labute approximate surface area is 369 Å². The van der Waals surface area contributed by atoms with Crippen molar-refractivity contribution in [3.63, 3.8) is 0 Å². The van der Waals surface area contributed by atoms with Crippen LogP contribution in [0.5, 0.6) is 0 Å². The third kappa shape index (κ3) is 5.21. The third-order valence-electron chi connectivity index (χ3n) is 8.48. The predicted molar refractivity (Wildman–Crippen MR) is 230 cm³/mol. The lowest BCUT2D eigenvalue weighted by atomic mass is 10.0. The number of hydrogen-bond donors (Lipinski definition) is 0. The molecule has 56 heavy (non-hydrogen) atoms. The van der Waals surface area contributed by atoms with Crippen molar-refractivity contribution in [1.29, 1.82) is 0 Å².